The lowest BCUT2D eigenvalue weighted by Crippen LogP contribution is -1.90. The fourth-order valence-corrected chi connectivity index (χ4v) is 1.53. The van der Waals surface area contributed by atoms with Crippen molar-refractivity contribution in [3.8, 4) is 16.9 Å². The normalized spacial score (nSPS) is 10.4. The van der Waals surface area contributed by atoms with Crippen LogP contribution in [0.2, 0.25) is 0 Å². The van der Waals surface area contributed by atoms with Crippen molar-refractivity contribution in [3.05, 3.63) is 53.6 Å². The number of aromatic hydroxyl groups is 1. The number of rotatable bonds is 1. The Hall–Kier alpha value is -1.90. The van der Waals surface area contributed by atoms with E-state index in [1.807, 2.05) is 6.92 Å². The van der Waals surface area contributed by atoms with E-state index in [9.17, 15) is 13.9 Å². The zero-order valence-electron chi connectivity index (χ0n) is 8.67. The van der Waals surface area contributed by atoms with Crippen LogP contribution in [0.15, 0.2) is 36.4 Å². The number of aryl methyl sites for hydroxylation is 1. The van der Waals surface area contributed by atoms with E-state index in [0.717, 1.165) is 17.7 Å². The van der Waals surface area contributed by atoms with Crippen LogP contribution in [0.1, 0.15) is 5.56 Å². The first-order valence-corrected chi connectivity index (χ1v) is 4.83. The van der Waals surface area contributed by atoms with Gasteiger partial charge in [-0.15, -0.1) is 0 Å². The van der Waals surface area contributed by atoms with Gasteiger partial charge in [-0.2, -0.15) is 0 Å². The van der Waals surface area contributed by atoms with E-state index in [-0.39, 0.29) is 5.56 Å². The van der Waals surface area contributed by atoms with Gasteiger partial charge in [0.15, 0.2) is 11.6 Å². The molecule has 0 saturated carbocycles. The van der Waals surface area contributed by atoms with Crippen LogP contribution in [0.25, 0.3) is 11.1 Å². The van der Waals surface area contributed by atoms with Crippen molar-refractivity contribution in [3.63, 3.8) is 0 Å². The largest absolute Gasteiger partial charge is 0.505 e. The molecule has 1 N–H and O–H groups in total. The van der Waals surface area contributed by atoms with E-state index in [0.29, 0.717) is 5.56 Å². The number of benzene rings is 2. The molecule has 82 valence electrons. The van der Waals surface area contributed by atoms with Gasteiger partial charge in [0.2, 0.25) is 0 Å². The molecule has 0 radical (unpaired) electrons. The topological polar surface area (TPSA) is 20.2 Å². The lowest BCUT2D eigenvalue weighted by atomic mass is 10.0. The molecule has 0 aliphatic heterocycles. The molecular formula is C13H10F2O. The third-order valence-electron chi connectivity index (χ3n) is 2.41. The van der Waals surface area contributed by atoms with Crippen molar-refractivity contribution >= 4 is 0 Å². The number of phenolic OH excluding ortho intramolecular Hbond substituents is 1. The molecule has 2 aromatic rings. The lowest BCUT2D eigenvalue weighted by Gasteiger charge is -2.06. The van der Waals surface area contributed by atoms with Crippen molar-refractivity contribution in [2.45, 2.75) is 6.92 Å². The average molecular weight is 220 g/mol. The molecule has 0 fully saturated rings. The Kier molecular flexibility index (Phi) is 2.60. The SMILES string of the molecule is Cc1ccc(-c2c(F)ccc(O)c2F)cc1. The van der Waals surface area contributed by atoms with E-state index in [4.69, 9.17) is 0 Å². The molecule has 0 saturated heterocycles. The smallest absolute Gasteiger partial charge is 0.175 e. The van der Waals surface area contributed by atoms with E-state index >= 15 is 0 Å². The minimum atomic E-state index is -0.927. The second-order valence-electron chi connectivity index (χ2n) is 3.62. The number of hydrogen-bond donors (Lipinski definition) is 1. The standard InChI is InChI=1S/C13H10F2O/c1-8-2-4-9(5-3-8)12-10(14)6-7-11(16)13(12)15/h2-7,16H,1H3. The van der Waals surface area contributed by atoms with Crippen LogP contribution in [0.3, 0.4) is 0 Å². The maximum absolute atomic E-state index is 13.6. The first-order chi connectivity index (χ1) is 7.59. The van der Waals surface area contributed by atoms with Crippen molar-refractivity contribution in [2.24, 2.45) is 0 Å². The van der Waals surface area contributed by atoms with Crippen LogP contribution in [-0.2, 0) is 0 Å². The Morgan fingerprint density at radius 3 is 2.19 bits per heavy atom. The Bertz CT molecular complexity index is 518. The fourth-order valence-electron chi connectivity index (χ4n) is 1.53. The highest BCUT2D eigenvalue weighted by atomic mass is 19.1. The lowest BCUT2D eigenvalue weighted by molar-refractivity contribution is 0.429. The van der Waals surface area contributed by atoms with Crippen molar-refractivity contribution in [2.75, 3.05) is 0 Å². The zero-order chi connectivity index (χ0) is 11.7. The van der Waals surface area contributed by atoms with Gasteiger partial charge in [-0.1, -0.05) is 29.8 Å². The molecule has 2 rings (SSSR count). The molecule has 2 aromatic carbocycles. The second kappa shape index (κ2) is 3.93. The summed E-state index contributed by atoms with van der Waals surface area (Å²) in [4.78, 5) is 0. The van der Waals surface area contributed by atoms with E-state index in [1.165, 1.54) is 0 Å². The van der Waals surface area contributed by atoms with Gasteiger partial charge in [0.25, 0.3) is 0 Å². The molecule has 0 spiro atoms. The van der Waals surface area contributed by atoms with E-state index in [1.54, 1.807) is 24.3 Å². The molecule has 0 bridgehead atoms. The molecule has 16 heavy (non-hydrogen) atoms. The third kappa shape index (κ3) is 1.76. The highest BCUT2D eigenvalue weighted by molar-refractivity contribution is 5.66. The predicted octanol–water partition coefficient (Wildman–Crippen LogP) is 3.65. The Morgan fingerprint density at radius 2 is 1.56 bits per heavy atom. The molecule has 0 amide bonds. The molecular weight excluding hydrogens is 210 g/mol. The number of phenols is 1. The average Bonchev–Trinajstić information content (AvgIpc) is 2.27. The maximum Gasteiger partial charge on any atom is 0.175 e. The summed E-state index contributed by atoms with van der Waals surface area (Å²) in [5, 5.41) is 9.20. The molecule has 0 atom stereocenters. The summed E-state index contributed by atoms with van der Waals surface area (Å²) in [6, 6.07) is 8.82. The van der Waals surface area contributed by atoms with Gasteiger partial charge >= 0.3 is 0 Å². The fraction of sp³-hybridized carbons (Fsp3) is 0.0769. The van der Waals surface area contributed by atoms with Gasteiger partial charge < -0.3 is 5.11 Å². The van der Waals surface area contributed by atoms with Gasteiger partial charge in [-0.25, -0.2) is 8.78 Å². The summed E-state index contributed by atoms with van der Waals surface area (Å²) >= 11 is 0. The quantitative estimate of drug-likeness (QED) is 0.777. The summed E-state index contributed by atoms with van der Waals surface area (Å²) in [6.07, 6.45) is 0. The summed E-state index contributed by atoms with van der Waals surface area (Å²) in [5.41, 5.74) is 1.22. The first-order valence-electron chi connectivity index (χ1n) is 4.83. The highest BCUT2D eigenvalue weighted by Gasteiger charge is 2.14. The Balaban J connectivity index is 2.63. The monoisotopic (exact) mass is 220 g/mol. The first kappa shape index (κ1) is 10.6. The number of halogens is 2. The predicted molar refractivity (Wildman–Crippen MR) is 58.2 cm³/mol. The molecule has 0 unspecified atom stereocenters. The molecule has 3 heteroatoms. The highest BCUT2D eigenvalue weighted by Crippen LogP contribution is 2.31. The van der Waals surface area contributed by atoms with Crippen LogP contribution in [0, 0.1) is 18.6 Å². The van der Waals surface area contributed by atoms with Crippen LogP contribution >= 0.6 is 0 Å². The minimum absolute atomic E-state index is 0.194. The molecule has 1 nitrogen and oxygen atoms in total. The van der Waals surface area contributed by atoms with Gasteiger partial charge in [-0.05, 0) is 24.6 Å². The number of hydrogen-bond acceptors (Lipinski definition) is 1. The van der Waals surface area contributed by atoms with E-state index in [2.05, 4.69) is 0 Å². The zero-order valence-corrected chi connectivity index (χ0v) is 8.67. The van der Waals surface area contributed by atoms with Gasteiger partial charge in [0.05, 0.1) is 5.56 Å². The van der Waals surface area contributed by atoms with Gasteiger partial charge in [0, 0.05) is 0 Å². The van der Waals surface area contributed by atoms with Gasteiger partial charge in [-0.3, -0.25) is 0 Å². The van der Waals surface area contributed by atoms with Crippen molar-refractivity contribution in [1.29, 1.82) is 0 Å². The van der Waals surface area contributed by atoms with Crippen molar-refractivity contribution in [1.82, 2.24) is 0 Å². The van der Waals surface area contributed by atoms with Gasteiger partial charge in [0.1, 0.15) is 5.82 Å². The van der Waals surface area contributed by atoms with Crippen LogP contribution in [0.5, 0.6) is 5.75 Å². The van der Waals surface area contributed by atoms with Crippen molar-refractivity contribution < 1.29 is 13.9 Å². The molecule has 0 aliphatic rings. The van der Waals surface area contributed by atoms with Crippen LogP contribution in [0.4, 0.5) is 8.78 Å². The van der Waals surface area contributed by atoms with Crippen LogP contribution < -0.4 is 0 Å². The Labute approximate surface area is 92.0 Å². The summed E-state index contributed by atoms with van der Waals surface area (Å²) in [7, 11) is 0. The summed E-state index contributed by atoms with van der Waals surface area (Å²) < 4.78 is 27.0. The third-order valence-corrected chi connectivity index (χ3v) is 2.41. The molecule has 0 aromatic heterocycles. The Morgan fingerprint density at radius 1 is 0.938 bits per heavy atom. The van der Waals surface area contributed by atoms with Crippen LogP contribution in [-0.4, -0.2) is 5.11 Å². The molecule has 0 aliphatic carbocycles. The van der Waals surface area contributed by atoms with E-state index < -0.39 is 17.4 Å². The second-order valence-corrected chi connectivity index (χ2v) is 3.62. The summed E-state index contributed by atoms with van der Waals surface area (Å²) in [5.74, 6) is -2.15. The minimum Gasteiger partial charge on any atom is -0.505 e. The molecule has 0 heterocycles. The summed E-state index contributed by atoms with van der Waals surface area (Å²) in [6.45, 7) is 1.89. The maximum atomic E-state index is 13.6.